The third-order valence-corrected chi connectivity index (χ3v) is 8.81. The van der Waals surface area contributed by atoms with Gasteiger partial charge < -0.3 is 5.32 Å². The second-order valence-corrected chi connectivity index (χ2v) is 11.3. The van der Waals surface area contributed by atoms with Crippen LogP contribution in [-0.4, -0.2) is 57.8 Å². The van der Waals surface area contributed by atoms with Gasteiger partial charge in [0, 0.05) is 30.7 Å². The highest BCUT2D eigenvalue weighted by atomic mass is 32.2. The fraction of sp³-hybridized carbons (Fsp3) is 0.591. The van der Waals surface area contributed by atoms with Crippen molar-refractivity contribution in [3.63, 3.8) is 0 Å². The highest BCUT2D eigenvalue weighted by Crippen LogP contribution is 2.32. The Balaban J connectivity index is 1.95. The molecule has 2 atom stereocenters. The van der Waals surface area contributed by atoms with E-state index in [0.29, 0.717) is 35.7 Å². The lowest BCUT2D eigenvalue weighted by Gasteiger charge is -2.20. The van der Waals surface area contributed by atoms with E-state index in [1.54, 1.807) is 18.2 Å². The van der Waals surface area contributed by atoms with Gasteiger partial charge in [-0.2, -0.15) is 4.31 Å². The van der Waals surface area contributed by atoms with Gasteiger partial charge in [0.05, 0.1) is 10.1 Å². The molecule has 0 aliphatic heterocycles. The Kier molecular flexibility index (Phi) is 8.00. The molecule has 1 aromatic heterocycles. The summed E-state index contributed by atoms with van der Waals surface area (Å²) < 4.78 is 29.5. The zero-order valence-electron chi connectivity index (χ0n) is 19.4. The summed E-state index contributed by atoms with van der Waals surface area (Å²) in [5.41, 5.74) is 0.688. The lowest BCUT2D eigenvalue weighted by molar-refractivity contribution is -0.120. The number of aromatic nitrogens is 3. The fourth-order valence-corrected chi connectivity index (χ4v) is 5.86. The summed E-state index contributed by atoms with van der Waals surface area (Å²) in [7, 11) is -3.58. The molecule has 3 rings (SSSR count). The molecule has 0 saturated heterocycles. The Morgan fingerprint density at radius 1 is 1.22 bits per heavy atom. The number of rotatable bonds is 11. The van der Waals surface area contributed by atoms with E-state index < -0.39 is 10.0 Å². The third-order valence-electron chi connectivity index (χ3n) is 5.71. The van der Waals surface area contributed by atoms with Crippen LogP contribution in [0.15, 0.2) is 34.3 Å². The van der Waals surface area contributed by atoms with Gasteiger partial charge in [-0.3, -0.25) is 9.36 Å². The average molecular weight is 480 g/mol. The largest absolute Gasteiger partial charge is 0.352 e. The number of benzene rings is 1. The Hall–Kier alpha value is -1.91. The molecule has 0 radical (unpaired) electrons. The number of nitrogens with zero attached hydrogens (tertiary/aromatic N) is 4. The van der Waals surface area contributed by atoms with Gasteiger partial charge in [-0.1, -0.05) is 44.7 Å². The summed E-state index contributed by atoms with van der Waals surface area (Å²) in [5, 5.41) is 12.2. The Morgan fingerprint density at radius 2 is 1.91 bits per heavy atom. The molecule has 1 aliphatic rings. The number of sulfonamides is 1. The van der Waals surface area contributed by atoms with E-state index in [9.17, 15) is 13.2 Å². The minimum atomic E-state index is -3.58. The zero-order valence-corrected chi connectivity index (χ0v) is 21.0. The molecule has 1 fully saturated rings. The van der Waals surface area contributed by atoms with Gasteiger partial charge in [-0.25, -0.2) is 8.42 Å². The van der Waals surface area contributed by atoms with Crippen molar-refractivity contribution in [2.24, 2.45) is 0 Å². The molecule has 1 N–H and O–H groups in total. The lowest BCUT2D eigenvalue weighted by Crippen LogP contribution is -2.32. The van der Waals surface area contributed by atoms with Crippen molar-refractivity contribution >= 4 is 27.7 Å². The van der Waals surface area contributed by atoms with Crippen LogP contribution in [0, 0.1) is 0 Å². The first-order valence-corrected chi connectivity index (χ1v) is 13.6. The van der Waals surface area contributed by atoms with E-state index in [1.807, 2.05) is 31.4 Å². The van der Waals surface area contributed by atoms with Crippen LogP contribution < -0.4 is 5.32 Å². The van der Waals surface area contributed by atoms with Crippen LogP contribution >= 0.6 is 11.8 Å². The van der Waals surface area contributed by atoms with Crippen LogP contribution in [0.2, 0.25) is 0 Å². The number of carbonyl (C=O) groups excluding carboxylic acids is 1. The molecular weight excluding hydrogens is 446 g/mol. The molecule has 0 bridgehead atoms. The van der Waals surface area contributed by atoms with Crippen molar-refractivity contribution in [2.45, 2.75) is 81.3 Å². The standard InChI is InChI=1S/C22H33N5O3S2/c1-6-15(4)27-20(24-25-22(27)31-16(5)21(28)23-18-12-13-18)17-10-9-11-19(14-17)32(29,30)26(7-2)8-3/h9-11,14-16,18H,6-8,12-13H2,1-5H3,(H,23,28). The van der Waals surface area contributed by atoms with Crippen LogP contribution in [0.5, 0.6) is 0 Å². The van der Waals surface area contributed by atoms with Crippen molar-refractivity contribution in [3.05, 3.63) is 24.3 Å². The number of hydrogen-bond donors (Lipinski definition) is 1. The topological polar surface area (TPSA) is 97.2 Å². The summed E-state index contributed by atoms with van der Waals surface area (Å²) in [5.74, 6) is 0.610. The molecule has 1 aliphatic carbocycles. The van der Waals surface area contributed by atoms with Crippen LogP contribution in [0.25, 0.3) is 11.4 Å². The van der Waals surface area contributed by atoms with Crippen molar-refractivity contribution in [1.82, 2.24) is 24.4 Å². The maximum Gasteiger partial charge on any atom is 0.243 e. The second-order valence-electron chi connectivity index (χ2n) is 8.09. The van der Waals surface area contributed by atoms with Gasteiger partial charge in [0.15, 0.2) is 11.0 Å². The van der Waals surface area contributed by atoms with E-state index in [4.69, 9.17) is 0 Å². The maximum atomic E-state index is 13.0. The van der Waals surface area contributed by atoms with Crippen LogP contribution in [0.3, 0.4) is 0 Å². The van der Waals surface area contributed by atoms with Gasteiger partial charge in [-0.15, -0.1) is 10.2 Å². The number of hydrogen-bond acceptors (Lipinski definition) is 6. The van der Waals surface area contributed by atoms with Crippen molar-refractivity contribution in [2.75, 3.05) is 13.1 Å². The Labute approximate surface area is 195 Å². The number of thioether (sulfide) groups is 1. The second kappa shape index (κ2) is 10.4. The van der Waals surface area contributed by atoms with Gasteiger partial charge in [0.25, 0.3) is 0 Å². The van der Waals surface area contributed by atoms with Gasteiger partial charge >= 0.3 is 0 Å². The highest BCUT2D eigenvalue weighted by Gasteiger charge is 2.28. The average Bonchev–Trinajstić information content (AvgIpc) is 3.50. The Morgan fingerprint density at radius 3 is 2.50 bits per heavy atom. The fourth-order valence-electron chi connectivity index (χ4n) is 3.40. The molecular formula is C22H33N5O3S2. The molecule has 2 unspecified atom stereocenters. The summed E-state index contributed by atoms with van der Waals surface area (Å²) >= 11 is 1.38. The minimum absolute atomic E-state index is 0.00469. The van der Waals surface area contributed by atoms with E-state index in [-0.39, 0.29) is 22.1 Å². The lowest BCUT2D eigenvalue weighted by atomic mass is 10.2. The minimum Gasteiger partial charge on any atom is -0.352 e. The number of nitrogens with one attached hydrogen (secondary N) is 1. The van der Waals surface area contributed by atoms with E-state index in [1.165, 1.54) is 16.1 Å². The molecule has 32 heavy (non-hydrogen) atoms. The van der Waals surface area contributed by atoms with Gasteiger partial charge in [0.2, 0.25) is 15.9 Å². The van der Waals surface area contributed by atoms with Crippen LogP contribution in [0.1, 0.15) is 59.9 Å². The molecule has 1 saturated carbocycles. The first-order valence-electron chi connectivity index (χ1n) is 11.2. The summed E-state index contributed by atoms with van der Waals surface area (Å²) in [6.45, 7) is 10.5. The van der Waals surface area contributed by atoms with Gasteiger partial charge in [0.1, 0.15) is 0 Å². The monoisotopic (exact) mass is 479 g/mol. The van der Waals surface area contributed by atoms with E-state index >= 15 is 0 Å². The Bertz CT molecular complexity index is 1050. The summed E-state index contributed by atoms with van der Waals surface area (Å²) in [6.07, 6.45) is 2.94. The molecule has 8 nitrogen and oxygen atoms in total. The highest BCUT2D eigenvalue weighted by molar-refractivity contribution is 8.00. The van der Waals surface area contributed by atoms with Crippen molar-refractivity contribution < 1.29 is 13.2 Å². The zero-order chi connectivity index (χ0) is 23.5. The summed E-state index contributed by atoms with van der Waals surface area (Å²) in [4.78, 5) is 12.7. The van der Waals surface area contributed by atoms with Crippen molar-refractivity contribution in [3.8, 4) is 11.4 Å². The smallest absolute Gasteiger partial charge is 0.243 e. The van der Waals surface area contributed by atoms with E-state index in [0.717, 1.165) is 19.3 Å². The van der Waals surface area contributed by atoms with Gasteiger partial charge in [-0.05, 0) is 45.2 Å². The predicted molar refractivity (Wildman–Crippen MR) is 127 cm³/mol. The molecule has 176 valence electrons. The first-order chi connectivity index (χ1) is 15.2. The maximum absolute atomic E-state index is 13.0. The molecule has 1 aromatic carbocycles. The number of amides is 1. The SMILES string of the molecule is CCC(C)n1c(SC(C)C(=O)NC2CC2)nnc1-c1cccc(S(=O)(=O)N(CC)CC)c1. The molecule has 10 heteroatoms. The molecule has 2 aromatic rings. The van der Waals surface area contributed by atoms with E-state index in [2.05, 4.69) is 29.4 Å². The number of carbonyl (C=O) groups is 1. The first kappa shape index (κ1) is 24.7. The van der Waals surface area contributed by atoms with Crippen LogP contribution in [0.4, 0.5) is 0 Å². The normalized spacial score (nSPS) is 16.2. The third kappa shape index (κ3) is 5.35. The molecule has 1 heterocycles. The molecule has 0 spiro atoms. The molecule has 1 amide bonds. The van der Waals surface area contributed by atoms with Crippen LogP contribution in [-0.2, 0) is 14.8 Å². The predicted octanol–water partition coefficient (Wildman–Crippen LogP) is 3.71. The van der Waals surface area contributed by atoms with Crippen molar-refractivity contribution in [1.29, 1.82) is 0 Å². The summed E-state index contributed by atoms with van der Waals surface area (Å²) in [6, 6.07) is 7.25. The quantitative estimate of drug-likeness (QED) is 0.494.